The highest BCUT2D eigenvalue weighted by atomic mass is 32.2. The molecule has 1 N–H and O–H groups in total. The van der Waals surface area contributed by atoms with Crippen molar-refractivity contribution in [3.63, 3.8) is 0 Å². The number of hydrogen-bond acceptors (Lipinski definition) is 4. The van der Waals surface area contributed by atoms with Crippen LogP contribution in [0.5, 0.6) is 0 Å². The Morgan fingerprint density at radius 1 is 1.14 bits per heavy atom. The Balaban J connectivity index is 2.41. The third-order valence-corrected chi connectivity index (χ3v) is 4.40. The maximum absolute atomic E-state index is 12.3. The van der Waals surface area contributed by atoms with Gasteiger partial charge in [-0.3, -0.25) is 14.8 Å². The summed E-state index contributed by atoms with van der Waals surface area (Å²) in [5.41, 5.74) is 1.29. The van der Waals surface area contributed by atoms with Gasteiger partial charge in [-0.05, 0) is 37.1 Å². The van der Waals surface area contributed by atoms with E-state index in [0.29, 0.717) is 11.3 Å². The van der Waals surface area contributed by atoms with Gasteiger partial charge in [0.2, 0.25) is 0 Å². The summed E-state index contributed by atoms with van der Waals surface area (Å²) in [7, 11) is -3.89. The van der Waals surface area contributed by atoms with Gasteiger partial charge < -0.3 is 0 Å². The van der Waals surface area contributed by atoms with Crippen LogP contribution in [0.25, 0.3) is 0 Å². The van der Waals surface area contributed by atoms with E-state index in [2.05, 4.69) is 11.6 Å². The highest BCUT2D eigenvalue weighted by Gasteiger charge is 2.20. The van der Waals surface area contributed by atoms with Gasteiger partial charge in [-0.1, -0.05) is 18.2 Å². The lowest BCUT2D eigenvalue weighted by molar-refractivity contribution is -0.385. The predicted octanol–water partition coefficient (Wildman–Crippen LogP) is 2.89. The van der Waals surface area contributed by atoms with Crippen LogP contribution in [0.1, 0.15) is 11.1 Å². The fourth-order valence-corrected chi connectivity index (χ4v) is 3.10. The fraction of sp³-hybridized carbons (Fsp3) is 0.0714. The lowest BCUT2D eigenvalue weighted by Gasteiger charge is -2.10. The van der Waals surface area contributed by atoms with Crippen molar-refractivity contribution in [3.05, 3.63) is 70.6 Å². The average Bonchev–Trinajstić information content (AvgIpc) is 2.41. The Kier molecular flexibility index (Phi) is 3.95. The van der Waals surface area contributed by atoms with Gasteiger partial charge in [0, 0.05) is 17.8 Å². The van der Waals surface area contributed by atoms with E-state index in [1.54, 1.807) is 31.2 Å². The molecule has 0 aliphatic carbocycles. The molecule has 2 aromatic rings. The second kappa shape index (κ2) is 5.53. The Bertz CT molecular complexity index is 783. The van der Waals surface area contributed by atoms with Crippen LogP contribution in [-0.2, 0) is 10.0 Å². The third kappa shape index (κ3) is 3.38. The minimum Gasteiger partial charge on any atom is -0.280 e. The first-order valence-corrected chi connectivity index (χ1v) is 7.48. The molecule has 2 rings (SSSR count). The van der Waals surface area contributed by atoms with Gasteiger partial charge in [0.15, 0.2) is 0 Å². The maximum Gasteiger partial charge on any atom is 0.270 e. The molecule has 0 fully saturated rings. The second-order valence-electron chi connectivity index (χ2n) is 4.51. The summed E-state index contributed by atoms with van der Waals surface area (Å²) in [6.07, 6.45) is 0. The number of hydrogen-bond donors (Lipinski definition) is 1. The molecule has 0 spiro atoms. The molecule has 0 heterocycles. The van der Waals surface area contributed by atoms with Crippen LogP contribution in [0.2, 0.25) is 0 Å². The monoisotopic (exact) mass is 305 g/mol. The van der Waals surface area contributed by atoms with Crippen molar-refractivity contribution in [2.45, 2.75) is 11.8 Å². The molecule has 7 heteroatoms. The minimum absolute atomic E-state index is 0.115. The molecular weight excluding hydrogens is 292 g/mol. The number of aryl methyl sites for hydroxylation is 1. The smallest absolute Gasteiger partial charge is 0.270 e. The van der Waals surface area contributed by atoms with E-state index >= 15 is 0 Å². The zero-order chi connectivity index (χ0) is 15.6. The Morgan fingerprint density at radius 3 is 2.33 bits per heavy atom. The highest BCUT2D eigenvalue weighted by Crippen LogP contribution is 2.24. The molecule has 0 aromatic heterocycles. The van der Waals surface area contributed by atoms with E-state index < -0.39 is 14.9 Å². The van der Waals surface area contributed by atoms with E-state index in [-0.39, 0.29) is 10.6 Å². The Morgan fingerprint density at radius 2 is 1.76 bits per heavy atom. The van der Waals surface area contributed by atoms with E-state index in [4.69, 9.17) is 0 Å². The van der Waals surface area contributed by atoms with Crippen molar-refractivity contribution in [3.8, 4) is 0 Å². The van der Waals surface area contributed by atoms with Crippen molar-refractivity contribution in [2.75, 3.05) is 4.72 Å². The molecule has 0 bridgehead atoms. The lowest BCUT2D eigenvalue weighted by atomic mass is 10.2. The number of nitrogens with one attached hydrogen (secondary N) is 1. The first-order chi connectivity index (χ1) is 9.79. The van der Waals surface area contributed by atoms with Gasteiger partial charge in [-0.2, -0.15) is 0 Å². The predicted molar refractivity (Wildman–Crippen MR) is 79.5 cm³/mol. The molecule has 6 nitrogen and oxygen atoms in total. The molecule has 0 saturated carbocycles. The molecule has 1 radical (unpaired) electrons. The first kappa shape index (κ1) is 15.0. The zero-order valence-electron chi connectivity index (χ0n) is 11.2. The number of nitro benzene ring substituents is 1. The van der Waals surface area contributed by atoms with E-state index in [0.717, 1.165) is 11.6 Å². The van der Waals surface area contributed by atoms with Crippen molar-refractivity contribution < 1.29 is 13.3 Å². The van der Waals surface area contributed by atoms with Crippen LogP contribution in [0.15, 0.2) is 47.4 Å². The molecule has 2 aromatic carbocycles. The number of nitro groups is 1. The molecular formula is C14H13N2O4S. The standard InChI is InChI=1S/C14H13N2O4S/c1-10-3-6-12(7-4-10)15-21(19,20)14-9-13(16(17)18)8-5-11(14)2/h3-9,15H,1H2,2H3. The van der Waals surface area contributed by atoms with E-state index in [9.17, 15) is 18.5 Å². The summed E-state index contributed by atoms with van der Waals surface area (Å²) in [5.74, 6) is 0. The Hall–Kier alpha value is -2.41. The van der Waals surface area contributed by atoms with Gasteiger partial charge in [0.1, 0.15) is 0 Å². The van der Waals surface area contributed by atoms with Crippen LogP contribution in [0, 0.1) is 24.0 Å². The van der Waals surface area contributed by atoms with Crippen LogP contribution in [-0.4, -0.2) is 13.3 Å². The van der Waals surface area contributed by atoms with Gasteiger partial charge in [-0.25, -0.2) is 8.42 Å². The number of rotatable bonds is 4. The Labute approximate surface area is 122 Å². The third-order valence-electron chi connectivity index (χ3n) is 2.88. The molecule has 0 aliphatic rings. The molecule has 21 heavy (non-hydrogen) atoms. The number of benzene rings is 2. The molecule has 0 saturated heterocycles. The number of anilines is 1. The molecule has 0 unspecified atom stereocenters. The summed E-state index contributed by atoms with van der Waals surface area (Å²) in [5, 5.41) is 10.8. The van der Waals surface area contributed by atoms with Crippen molar-refractivity contribution >= 4 is 21.4 Å². The normalized spacial score (nSPS) is 11.1. The molecule has 0 atom stereocenters. The van der Waals surface area contributed by atoms with Crippen molar-refractivity contribution in [1.29, 1.82) is 0 Å². The quantitative estimate of drug-likeness (QED) is 0.694. The van der Waals surface area contributed by atoms with E-state index in [1.807, 2.05) is 0 Å². The molecule has 0 aliphatic heterocycles. The topological polar surface area (TPSA) is 89.3 Å². The average molecular weight is 305 g/mol. The largest absolute Gasteiger partial charge is 0.280 e. The van der Waals surface area contributed by atoms with Gasteiger partial charge >= 0.3 is 0 Å². The van der Waals surface area contributed by atoms with Crippen LogP contribution in [0.4, 0.5) is 11.4 Å². The van der Waals surface area contributed by atoms with Crippen molar-refractivity contribution in [1.82, 2.24) is 0 Å². The molecule has 0 amide bonds. The summed E-state index contributed by atoms with van der Waals surface area (Å²) < 4.78 is 27.1. The lowest BCUT2D eigenvalue weighted by Crippen LogP contribution is -2.14. The van der Waals surface area contributed by atoms with Crippen LogP contribution >= 0.6 is 0 Å². The van der Waals surface area contributed by atoms with Gasteiger partial charge in [0.25, 0.3) is 15.7 Å². The number of nitrogens with zero attached hydrogens (tertiary/aromatic N) is 1. The van der Waals surface area contributed by atoms with Crippen molar-refractivity contribution in [2.24, 2.45) is 0 Å². The van der Waals surface area contributed by atoms with Gasteiger partial charge in [0.05, 0.1) is 9.82 Å². The van der Waals surface area contributed by atoms with Gasteiger partial charge in [-0.15, -0.1) is 0 Å². The molecule has 109 valence electrons. The second-order valence-corrected chi connectivity index (χ2v) is 6.16. The maximum atomic E-state index is 12.3. The SMILES string of the molecule is [CH2]c1ccc(NS(=O)(=O)c2cc([N+](=O)[O-])ccc2C)cc1. The zero-order valence-corrected chi connectivity index (χ0v) is 12.1. The number of sulfonamides is 1. The summed E-state index contributed by atoms with van der Waals surface area (Å²) in [4.78, 5) is 10.0. The summed E-state index contributed by atoms with van der Waals surface area (Å²) in [6.45, 7) is 5.29. The number of non-ortho nitro benzene ring substituents is 1. The van der Waals surface area contributed by atoms with Crippen LogP contribution in [0.3, 0.4) is 0 Å². The highest BCUT2D eigenvalue weighted by molar-refractivity contribution is 7.92. The fourth-order valence-electron chi connectivity index (χ4n) is 1.77. The summed E-state index contributed by atoms with van der Waals surface area (Å²) in [6, 6.07) is 10.2. The van der Waals surface area contributed by atoms with E-state index in [1.165, 1.54) is 12.1 Å². The van der Waals surface area contributed by atoms with Crippen LogP contribution < -0.4 is 4.72 Å². The summed E-state index contributed by atoms with van der Waals surface area (Å²) >= 11 is 0. The first-order valence-electron chi connectivity index (χ1n) is 5.99. The minimum atomic E-state index is -3.89.